The van der Waals surface area contributed by atoms with Crippen LogP contribution in [0.15, 0.2) is 29.2 Å². The van der Waals surface area contributed by atoms with E-state index in [-0.39, 0.29) is 24.3 Å². The van der Waals surface area contributed by atoms with Crippen LogP contribution in [-0.2, 0) is 15.5 Å². The molecule has 2 amide bonds. The van der Waals surface area contributed by atoms with Gasteiger partial charge < -0.3 is 15.0 Å². The number of likely N-dealkylation sites (tertiary alicyclic amines) is 1. The average molecular weight is 380 g/mol. The molecule has 0 aromatic heterocycles. The number of hydrogen-bond acceptors (Lipinski definition) is 4. The number of morpholine rings is 1. The van der Waals surface area contributed by atoms with Crippen LogP contribution in [0.3, 0.4) is 0 Å². The highest BCUT2D eigenvalue weighted by Crippen LogP contribution is 2.22. The minimum absolute atomic E-state index is 0.0489. The smallest absolute Gasteiger partial charge is 0.322 e. The third-order valence-corrected chi connectivity index (χ3v) is 5.98. The molecule has 1 N–H and O–H groups in total. The Bertz CT molecular complexity index is 642. The predicted octanol–water partition coefficient (Wildman–Crippen LogP) is 2.53. The molecule has 26 heavy (non-hydrogen) atoms. The first-order chi connectivity index (χ1) is 12.4. The van der Waals surface area contributed by atoms with Crippen molar-refractivity contribution in [2.24, 2.45) is 0 Å². The Morgan fingerprint density at radius 2 is 1.88 bits per heavy atom. The van der Waals surface area contributed by atoms with Crippen LogP contribution in [0.5, 0.6) is 0 Å². The second-order valence-electron chi connectivity index (χ2n) is 7.37. The Morgan fingerprint density at radius 3 is 2.50 bits per heavy atom. The number of anilines is 1. The van der Waals surface area contributed by atoms with Crippen molar-refractivity contribution >= 4 is 22.5 Å². The Labute approximate surface area is 158 Å². The lowest BCUT2D eigenvalue weighted by atomic mass is 10.1. The topological polar surface area (TPSA) is 61.9 Å². The van der Waals surface area contributed by atoms with Crippen LogP contribution in [-0.4, -0.2) is 70.7 Å². The number of nitrogens with one attached hydrogen (secondary N) is 1. The molecule has 0 radical (unpaired) electrons. The van der Waals surface area contributed by atoms with Crippen molar-refractivity contribution in [1.82, 2.24) is 9.80 Å². The molecule has 144 valence electrons. The van der Waals surface area contributed by atoms with Crippen LogP contribution < -0.4 is 5.32 Å². The summed E-state index contributed by atoms with van der Waals surface area (Å²) in [4.78, 5) is 17.9. The van der Waals surface area contributed by atoms with E-state index in [9.17, 15) is 9.00 Å². The average Bonchev–Trinajstić information content (AvgIpc) is 3.02. The number of nitrogens with zero attached hydrogens (tertiary/aromatic N) is 2. The van der Waals surface area contributed by atoms with Crippen molar-refractivity contribution in [2.75, 3.05) is 37.8 Å². The monoisotopic (exact) mass is 379 g/mol. The molecule has 7 heteroatoms. The SMILES string of the molecule is CC1CN(CC2CCCN2C(=O)Nc2ccc(S(C)=O)cc2)CC(C)O1. The number of benzene rings is 1. The maximum atomic E-state index is 12.7. The molecule has 2 fully saturated rings. The van der Waals surface area contributed by atoms with Gasteiger partial charge in [0.05, 0.1) is 12.2 Å². The maximum Gasteiger partial charge on any atom is 0.322 e. The summed E-state index contributed by atoms with van der Waals surface area (Å²) >= 11 is 0. The molecule has 2 heterocycles. The summed E-state index contributed by atoms with van der Waals surface area (Å²) in [6.45, 7) is 7.75. The lowest BCUT2D eigenvalue weighted by Crippen LogP contribution is -2.51. The van der Waals surface area contributed by atoms with E-state index in [0.717, 1.165) is 49.6 Å². The normalized spacial score (nSPS) is 28.1. The van der Waals surface area contributed by atoms with Crippen molar-refractivity contribution in [3.05, 3.63) is 24.3 Å². The first kappa shape index (κ1) is 19.3. The molecule has 2 saturated heterocycles. The Morgan fingerprint density at radius 1 is 1.23 bits per heavy atom. The van der Waals surface area contributed by atoms with E-state index in [1.807, 2.05) is 17.0 Å². The van der Waals surface area contributed by atoms with Crippen LogP contribution in [0.25, 0.3) is 0 Å². The zero-order valence-corrected chi connectivity index (χ0v) is 16.6. The Balaban J connectivity index is 1.58. The van der Waals surface area contributed by atoms with Gasteiger partial charge in [-0.25, -0.2) is 4.79 Å². The highest BCUT2D eigenvalue weighted by Gasteiger charge is 2.32. The largest absolute Gasteiger partial charge is 0.373 e. The summed E-state index contributed by atoms with van der Waals surface area (Å²) in [5.74, 6) is 0. The van der Waals surface area contributed by atoms with E-state index < -0.39 is 10.8 Å². The molecule has 2 aliphatic rings. The fourth-order valence-electron chi connectivity index (χ4n) is 3.95. The molecule has 1 aromatic carbocycles. The molecular formula is C19H29N3O3S. The first-order valence-corrected chi connectivity index (χ1v) is 10.9. The van der Waals surface area contributed by atoms with Gasteiger partial charge >= 0.3 is 6.03 Å². The van der Waals surface area contributed by atoms with E-state index >= 15 is 0 Å². The number of ether oxygens (including phenoxy) is 1. The second kappa shape index (κ2) is 8.50. The standard InChI is InChI=1S/C19H29N3O3S/c1-14-11-21(12-15(2)25-14)13-17-5-4-10-22(17)19(23)20-16-6-8-18(9-7-16)26(3)24/h6-9,14-15,17H,4-5,10-13H2,1-3H3,(H,20,23). The molecule has 3 rings (SSSR count). The number of carbonyl (C=O) groups is 1. The van der Waals surface area contributed by atoms with E-state index in [1.165, 1.54) is 0 Å². The van der Waals surface area contributed by atoms with Gasteiger partial charge in [-0.1, -0.05) is 0 Å². The van der Waals surface area contributed by atoms with Crippen LogP contribution >= 0.6 is 0 Å². The van der Waals surface area contributed by atoms with E-state index in [4.69, 9.17) is 4.74 Å². The lowest BCUT2D eigenvalue weighted by molar-refractivity contribution is -0.0712. The van der Waals surface area contributed by atoms with Gasteiger partial charge in [-0.15, -0.1) is 0 Å². The number of rotatable bonds is 4. The van der Waals surface area contributed by atoms with Crippen molar-refractivity contribution in [1.29, 1.82) is 0 Å². The summed E-state index contributed by atoms with van der Waals surface area (Å²) < 4.78 is 17.3. The summed E-state index contributed by atoms with van der Waals surface area (Å²) in [5, 5.41) is 2.98. The van der Waals surface area contributed by atoms with Gasteiger partial charge in [0.2, 0.25) is 0 Å². The molecule has 0 saturated carbocycles. The van der Waals surface area contributed by atoms with Gasteiger partial charge in [0, 0.05) is 59.9 Å². The lowest BCUT2D eigenvalue weighted by Gasteiger charge is -2.38. The Kier molecular flexibility index (Phi) is 6.32. The predicted molar refractivity (Wildman–Crippen MR) is 104 cm³/mol. The van der Waals surface area contributed by atoms with Crippen molar-refractivity contribution in [2.45, 2.75) is 49.8 Å². The van der Waals surface area contributed by atoms with Crippen LogP contribution in [0.1, 0.15) is 26.7 Å². The van der Waals surface area contributed by atoms with Crippen molar-refractivity contribution in [3.8, 4) is 0 Å². The summed E-state index contributed by atoms with van der Waals surface area (Å²) in [7, 11) is -1.01. The van der Waals surface area contributed by atoms with Gasteiger partial charge in [0.1, 0.15) is 0 Å². The van der Waals surface area contributed by atoms with Crippen LogP contribution in [0.2, 0.25) is 0 Å². The molecular weight excluding hydrogens is 350 g/mol. The molecule has 0 aliphatic carbocycles. The molecule has 4 unspecified atom stereocenters. The summed E-state index contributed by atoms with van der Waals surface area (Å²) in [6.07, 6.45) is 4.22. The number of urea groups is 1. The molecule has 1 aromatic rings. The quantitative estimate of drug-likeness (QED) is 0.873. The summed E-state index contributed by atoms with van der Waals surface area (Å²) in [5.41, 5.74) is 0.739. The zero-order valence-electron chi connectivity index (χ0n) is 15.8. The second-order valence-corrected chi connectivity index (χ2v) is 8.75. The van der Waals surface area contributed by atoms with Crippen LogP contribution in [0, 0.1) is 0 Å². The molecule has 2 aliphatic heterocycles. The third-order valence-electron chi connectivity index (χ3n) is 5.04. The zero-order chi connectivity index (χ0) is 18.7. The minimum atomic E-state index is -1.01. The minimum Gasteiger partial charge on any atom is -0.373 e. The number of hydrogen-bond donors (Lipinski definition) is 1. The van der Waals surface area contributed by atoms with Gasteiger partial charge in [-0.3, -0.25) is 9.11 Å². The maximum absolute atomic E-state index is 12.7. The van der Waals surface area contributed by atoms with E-state index in [1.54, 1.807) is 18.4 Å². The van der Waals surface area contributed by atoms with Gasteiger partial charge in [0.15, 0.2) is 0 Å². The third kappa shape index (κ3) is 4.84. The van der Waals surface area contributed by atoms with Crippen LogP contribution in [0.4, 0.5) is 10.5 Å². The van der Waals surface area contributed by atoms with E-state index in [0.29, 0.717) is 0 Å². The van der Waals surface area contributed by atoms with E-state index in [2.05, 4.69) is 24.1 Å². The van der Waals surface area contributed by atoms with Gasteiger partial charge in [0.25, 0.3) is 0 Å². The van der Waals surface area contributed by atoms with Gasteiger partial charge in [-0.2, -0.15) is 0 Å². The number of carbonyl (C=O) groups excluding carboxylic acids is 1. The molecule has 0 spiro atoms. The van der Waals surface area contributed by atoms with Gasteiger partial charge in [-0.05, 0) is 51.0 Å². The molecule has 0 bridgehead atoms. The first-order valence-electron chi connectivity index (χ1n) is 9.31. The fourth-order valence-corrected chi connectivity index (χ4v) is 4.47. The summed E-state index contributed by atoms with van der Waals surface area (Å²) in [6, 6.07) is 7.41. The molecule has 6 nitrogen and oxygen atoms in total. The Hall–Kier alpha value is -1.44. The highest BCUT2D eigenvalue weighted by molar-refractivity contribution is 7.84. The number of amides is 2. The highest BCUT2D eigenvalue weighted by atomic mass is 32.2. The van der Waals surface area contributed by atoms with Crippen molar-refractivity contribution in [3.63, 3.8) is 0 Å². The van der Waals surface area contributed by atoms with Crippen molar-refractivity contribution < 1.29 is 13.7 Å². The fraction of sp³-hybridized carbons (Fsp3) is 0.632. The molecule has 4 atom stereocenters.